The number of ketones is 1. The van der Waals surface area contributed by atoms with Crippen LogP contribution in [0.25, 0.3) is 10.9 Å². The van der Waals surface area contributed by atoms with E-state index >= 15 is 0 Å². The molecule has 1 spiro atoms. The third kappa shape index (κ3) is 3.33. The van der Waals surface area contributed by atoms with E-state index in [9.17, 15) is 9.59 Å². The first-order valence-electron chi connectivity index (χ1n) is 11.4. The van der Waals surface area contributed by atoms with Crippen molar-refractivity contribution in [1.82, 2.24) is 14.9 Å². The first-order valence-corrected chi connectivity index (χ1v) is 11.7. The Morgan fingerprint density at radius 2 is 1.94 bits per heavy atom. The molecule has 170 valence electrons. The average Bonchev–Trinajstić information content (AvgIpc) is 3.34. The molecule has 1 fully saturated rings. The van der Waals surface area contributed by atoms with E-state index in [1.54, 1.807) is 18.3 Å². The zero-order chi connectivity index (χ0) is 23.3. The molecular weight excluding hydrogens is 450 g/mol. The van der Waals surface area contributed by atoms with Crippen molar-refractivity contribution in [3.8, 4) is 0 Å². The van der Waals surface area contributed by atoms with Gasteiger partial charge in [0.15, 0.2) is 5.78 Å². The lowest BCUT2D eigenvalue weighted by Gasteiger charge is -2.33. The number of nitrogens with zero attached hydrogens (tertiary/aromatic N) is 2. The Morgan fingerprint density at radius 3 is 2.74 bits per heavy atom. The number of halogens is 1. The van der Waals surface area contributed by atoms with Gasteiger partial charge in [-0.05, 0) is 37.4 Å². The van der Waals surface area contributed by atoms with Crippen molar-refractivity contribution < 1.29 is 14.3 Å². The first kappa shape index (κ1) is 21.1. The Bertz CT molecular complexity index is 1440. The number of nitrogens with one attached hydrogen (secondary N) is 1. The van der Waals surface area contributed by atoms with Crippen molar-refractivity contribution in [2.45, 2.75) is 25.0 Å². The normalized spacial score (nSPS) is 16.6. The number of aromatic nitrogens is 2. The van der Waals surface area contributed by atoms with Gasteiger partial charge in [-0.2, -0.15) is 0 Å². The molecule has 0 saturated carbocycles. The van der Waals surface area contributed by atoms with Crippen LogP contribution in [0.15, 0.2) is 67.0 Å². The van der Waals surface area contributed by atoms with Crippen molar-refractivity contribution in [3.63, 3.8) is 0 Å². The summed E-state index contributed by atoms with van der Waals surface area (Å²) in [6.45, 7) is 2.04. The molecule has 4 aromatic rings. The van der Waals surface area contributed by atoms with Crippen LogP contribution in [0, 0.1) is 0 Å². The molecular formula is C27H22ClN3O3. The molecule has 0 atom stereocenters. The number of carbonyl (C=O) groups excluding carboxylic acids is 2. The van der Waals surface area contributed by atoms with Gasteiger partial charge in [0.1, 0.15) is 5.60 Å². The Hall–Kier alpha value is -3.48. The monoisotopic (exact) mass is 471 g/mol. The number of esters is 1. The fourth-order valence-corrected chi connectivity index (χ4v) is 5.38. The van der Waals surface area contributed by atoms with E-state index in [-0.39, 0.29) is 5.78 Å². The molecule has 2 aromatic carbocycles. The molecule has 0 radical (unpaired) electrons. The molecule has 34 heavy (non-hydrogen) atoms. The van der Waals surface area contributed by atoms with Crippen molar-refractivity contribution in [1.29, 1.82) is 0 Å². The third-order valence-electron chi connectivity index (χ3n) is 6.85. The van der Waals surface area contributed by atoms with Gasteiger partial charge < -0.3 is 14.6 Å². The fraction of sp³-hybridized carbons (Fsp3) is 0.222. The molecule has 6 rings (SSSR count). The highest BCUT2D eigenvalue weighted by molar-refractivity contribution is 6.31. The number of carbonyl (C=O) groups is 2. The molecule has 0 bridgehead atoms. The lowest BCUT2D eigenvalue weighted by molar-refractivity contribution is -0.0242. The van der Waals surface area contributed by atoms with E-state index in [1.807, 2.05) is 53.2 Å². The smallest absolute Gasteiger partial charge is 0.340 e. The Labute approximate surface area is 201 Å². The fourth-order valence-electron chi connectivity index (χ4n) is 5.21. The molecule has 7 heteroatoms. The van der Waals surface area contributed by atoms with Gasteiger partial charge in [0, 0.05) is 52.3 Å². The van der Waals surface area contributed by atoms with Gasteiger partial charge in [0.2, 0.25) is 0 Å². The van der Waals surface area contributed by atoms with Crippen LogP contribution in [-0.4, -0.2) is 34.4 Å². The minimum atomic E-state index is -0.644. The standard InChI is InChI=1S/C27H22ClN3O3/c28-17-7-8-19-21(16-31(23(19)14-17)15-18-4-1-2-11-30-18)25(32)20-5-3-6-22-24(20)26(33)34-27(22)9-12-29-13-10-27/h1-8,11,14,16,29H,9-10,12-13,15H2. The highest BCUT2D eigenvalue weighted by Gasteiger charge is 2.47. The molecule has 0 unspecified atom stereocenters. The molecule has 2 aromatic heterocycles. The van der Waals surface area contributed by atoms with Gasteiger partial charge in [-0.25, -0.2) is 4.79 Å². The molecule has 6 nitrogen and oxygen atoms in total. The summed E-state index contributed by atoms with van der Waals surface area (Å²) in [7, 11) is 0. The van der Waals surface area contributed by atoms with Gasteiger partial charge in [0.05, 0.1) is 23.3 Å². The minimum absolute atomic E-state index is 0.202. The number of ether oxygens (including phenoxy) is 1. The summed E-state index contributed by atoms with van der Waals surface area (Å²) in [6, 6.07) is 16.7. The number of fused-ring (bicyclic) bond motifs is 3. The maximum atomic E-state index is 13.9. The number of hydrogen-bond donors (Lipinski definition) is 1. The molecule has 2 aliphatic rings. The lowest BCUT2D eigenvalue weighted by atomic mass is 9.82. The maximum absolute atomic E-state index is 13.9. The van der Waals surface area contributed by atoms with Gasteiger partial charge in [0.25, 0.3) is 0 Å². The van der Waals surface area contributed by atoms with E-state index in [2.05, 4.69) is 10.3 Å². The van der Waals surface area contributed by atoms with E-state index < -0.39 is 11.6 Å². The lowest BCUT2D eigenvalue weighted by Crippen LogP contribution is -2.39. The summed E-state index contributed by atoms with van der Waals surface area (Å²) in [4.78, 5) is 31.3. The van der Waals surface area contributed by atoms with Gasteiger partial charge in [-0.1, -0.05) is 41.9 Å². The van der Waals surface area contributed by atoms with Crippen molar-refractivity contribution >= 4 is 34.3 Å². The average molecular weight is 472 g/mol. The predicted octanol–water partition coefficient (Wildman–Crippen LogP) is 4.72. The van der Waals surface area contributed by atoms with Crippen LogP contribution in [-0.2, 0) is 16.9 Å². The molecule has 0 amide bonds. The first-order chi connectivity index (χ1) is 16.6. The molecule has 4 heterocycles. The molecule has 1 saturated heterocycles. The van der Waals surface area contributed by atoms with Gasteiger partial charge in [-0.3, -0.25) is 9.78 Å². The number of pyridine rings is 1. The van der Waals surface area contributed by atoms with E-state index in [4.69, 9.17) is 16.3 Å². The van der Waals surface area contributed by atoms with Gasteiger partial charge in [-0.15, -0.1) is 0 Å². The second-order valence-corrected chi connectivity index (χ2v) is 9.28. The summed E-state index contributed by atoms with van der Waals surface area (Å²) in [6.07, 6.45) is 4.98. The number of rotatable bonds is 4. The highest BCUT2D eigenvalue weighted by Crippen LogP contribution is 2.44. The van der Waals surface area contributed by atoms with Crippen LogP contribution >= 0.6 is 11.6 Å². The Balaban J connectivity index is 1.47. The van der Waals surface area contributed by atoms with Crippen LogP contribution in [0.4, 0.5) is 0 Å². The topological polar surface area (TPSA) is 73.2 Å². The number of hydrogen-bond acceptors (Lipinski definition) is 5. The third-order valence-corrected chi connectivity index (χ3v) is 7.09. The Kier molecular flexibility index (Phi) is 5.01. The summed E-state index contributed by atoms with van der Waals surface area (Å²) in [5, 5.41) is 4.69. The summed E-state index contributed by atoms with van der Waals surface area (Å²) >= 11 is 6.30. The second kappa shape index (κ2) is 8.08. The van der Waals surface area contributed by atoms with E-state index in [0.29, 0.717) is 41.1 Å². The van der Waals surface area contributed by atoms with Crippen LogP contribution in [0.3, 0.4) is 0 Å². The maximum Gasteiger partial charge on any atom is 0.340 e. The van der Waals surface area contributed by atoms with Crippen molar-refractivity contribution in [3.05, 3.63) is 100.0 Å². The largest absolute Gasteiger partial charge is 0.450 e. The minimum Gasteiger partial charge on any atom is -0.450 e. The number of piperidine rings is 1. The van der Waals surface area contributed by atoms with Crippen LogP contribution in [0.5, 0.6) is 0 Å². The summed E-state index contributed by atoms with van der Waals surface area (Å²) < 4.78 is 7.89. The molecule has 2 aliphatic heterocycles. The summed E-state index contributed by atoms with van der Waals surface area (Å²) in [5.74, 6) is -0.618. The van der Waals surface area contributed by atoms with E-state index in [1.165, 1.54) is 0 Å². The highest BCUT2D eigenvalue weighted by atomic mass is 35.5. The van der Waals surface area contributed by atoms with Crippen molar-refractivity contribution in [2.75, 3.05) is 13.1 Å². The van der Waals surface area contributed by atoms with E-state index in [0.717, 1.165) is 35.2 Å². The van der Waals surface area contributed by atoms with Gasteiger partial charge >= 0.3 is 5.97 Å². The zero-order valence-corrected chi connectivity index (χ0v) is 19.1. The SMILES string of the molecule is O=C1OC2(CCNCC2)c2cccc(C(=O)c3cn(Cc4ccccn4)c4cc(Cl)ccc34)c21. The van der Waals surface area contributed by atoms with Crippen molar-refractivity contribution in [2.24, 2.45) is 0 Å². The van der Waals surface area contributed by atoms with Crippen LogP contribution in [0.2, 0.25) is 5.02 Å². The second-order valence-electron chi connectivity index (χ2n) is 8.84. The predicted molar refractivity (Wildman–Crippen MR) is 129 cm³/mol. The Morgan fingerprint density at radius 1 is 1.09 bits per heavy atom. The zero-order valence-electron chi connectivity index (χ0n) is 18.4. The summed E-state index contributed by atoms with van der Waals surface area (Å²) in [5.41, 5.74) is 3.19. The number of benzene rings is 2. The molecule has 0 aliphatic carbocycles. The van der Waals surface area contributed by atoms with Crippen LogP contribution < -0.4 is 5.32 Å². The van der Waals surface area contributed by atoms with Crippen LogP contribution in [0.1, 0.15) is 50.4 Å². The molecule has 1 N–H and O–H groups in total. The quantitative estimate of drug-likeness (QED) is 0.344.